The van der Waals surface area contributed by atoms with Crippen LogP contribution in [0.25, 0.3) is 22.2 Å². The largest absolute Gasteiger partial charge is 0.422 e. The molecule has 0 bridgehead atoms. The van der Waals surface area contributed by atoms with Crippen LogP contribution in [0.4, 0.5) is 5.13 Å². The van der Waals surface area contributed by atoms with Gasteiger partial charge in [0.05, 0.1) is 17.0 Å². The molecular weight excluding hydrogens is 348 g/mol. The molecule has 0 aliphatic heterocycles. The molecule has 0 spiro atoms. The second-order valence-electron chi connectivity index (χ2n) is 5.57. The Hall–Kier alpha value is -3.32. The smallest absolute Gasteiger partial charge is 0.345 e. The molecule has 0 aliphatic carbocycles. The first-order chi connectivity index (χ1) is 12.7. The summed E-state index contributed by atoms with van der Waals surface area (Å²) >= 11 is 1.37. The van der Waals surface area contributed by atoms with E-state index in [1.165, 1.54) is 11.3 Å². The van der Waals surface area contributed by atoms with Crippen molar-refractivity contribution in [3.63, 3.8) is 0 Å². The quantitative estimate of drug-likeness (QED) is 0.335. The number of nitrogens with one attached hydrogen (secondary N) is 1. The van der Waals surface area contributed by atoms with E-state index >= 15 is 0 Å². The van der Waals surface area contributed by atoms with Crippen molar-refractivity contribution in [1.29, 1.82) is 0 Å². The van der Waals surface area contributed by atoms with Gasteiger partial charge in [0.15, 0.2) is 0 Å². The Kier molecular flexibility index (Phi) is 4.28. The number of fused-ring (bicyclic) bond motifs is 1. The van der Waals surface area contributed by atoms with Gasteiger partial charge in [-0.3, -0.25) is 10.4 Å². The fourth-order valence-corrected chi connectivity index (χ4v) is 3.13. The van der Waals surface area contributed by atoms with E-state index < -0.39 is 5.63 Å². The van der Waals surface area contributed by atoms with E-state index in [4.69, 9.17) is 4.42 Å². The average molecular weight is 362 g/mol. The van der Waals surface area contributed by atoms with Crippen molar-refractivity contribution < 1.29 is 4.42 Å². The maximum atomic E-state index is 12.2. The summed E-state index contributed by atoms with van der Waals surface area (Å²) < 4.78 is 5.37. The Bertz CT molecular complexity index is 1150. The molecule has 0 aliphatic rings. The number of benzene rings is 1. The van der Waals surface area contributed by atoms with Crippen LogP contribution >= 0.6 is 11.3 Å². The monoisotopic (exact) mass is 362 g/mol. The van der Waals surface area contributed by atoms with Crippen molar-refractivity contribution in [3.05, 3.63) is 76.2 Å². The second kappa shape index (κ2) is 6.89. The van der Waals surface area contributed by atoms with Crippen LogP contribution in [0.3, 0.4) is 0 Å². The predicted molar refractivity (Wildman–Crippen MR) is 104 cm³/mol. The molecule has 7 heteroatoms. The number of hydrogen-bond donors (Lipinski definition) is 1. The van der Waals surface area contributed by atoms with Crippen molar-refractivity contribution in [2.45, 2.75) is 6.92 Å². The number of pyridine rings is 1. The number of aromatic nitrogens is 2. The molecule has 1 aromatic carbocycles. The van der Waals surface area contributed by atoms with Crippen LogP contribution < -0.4 is 11.1 Å². The highest BCUT2D eigenvalue weighted by Gasteiger charge is 2.11. The SMILES string of the molecule is C/C(=N\Nc1nc(-c2cc3ccccc3oc2=O)cs1)c1ccncc1. The molecule has 0 saturated heterocycles. The molecule has 1 N–H and O–H groups in total. The highest BCUT2D eigenvalue weighted by atomic mass is 32.1. The van der Waals surface area contributed by atoms with Crippen LogP contribution in [0.15, 0.2) is 74.6 Å². The van der Waals surface area contributed by atoms with E-state index in [-0.39, 0.29) is 0 Å². The molecular formula is C19H14N4O2S. The summed E-state index contributed by atoms with van der Waals surface area (Å²) in [6, 6.07) is 13.0. The Morgan fingerprint density at radius 3 is 2.85 bits per heavy atom. The highest BCUT2D eigenvalue weighted by molar-refractivity contribution is 7.14. The molecule has 0 fully saturated rings. The fourth-order valence-electron chi connectivity index (χ4n) is 2.48. The van der Waals surface area contributed by atoms with E-state index in [1.54, 1.807) is 29.9 Å². The van der Waals surface area contributed by atoms with Gasteiger partial charge in [0.25, 0.3) is 0 Å². The third-order valence-electron chi connectivity index (χ3n) is 3.84. The van der Waals surface area contributed by atoms with Crippen LogP contribution in [-0.4, -0.2) is 15.7 Å². The van der Waals surface area contributed by atoms with E-state index in [1.807, 2.05) is 37.3 Å². The van der Waals surface area contributed by atoms with Crippen LogP contribution in [-0.2, 0) is 0 Å². The van der Waals surface area contributed by atoms with Crippen LogP contribution in [0.2, 0.25) is 0 Å². The summed E-state index contributed by atoms with van der Waals surface area (Å²) in [6.45, 7) is 1.90. The van der Waals surface area contributed by atoms with Gasteiger partial charge in [-0.1, -0.05) is 18.2 Å². The van der Waals surface area contributed by atoms with Gasteiger partial charge in [0.2, 0.25) is 5.13 Å². The van der Waals surface area contributed by atoms with Gasteiger partial charge in [-0.05, 0) is 31.2 Å². The molecule has 128 valence electrons. The summed E-state index contributed by atoms with van der Waals surface area (Å²) in [7, 11) is 0. The van der Waals surface area contributed by atoms with E-state index in [0.29, 0.717) is 22.0 Å². The van der Waals surface area contributed by atoms with Crippen molar-refractivity contribution in [2.75, 3.05) is 5.43 Å². The molecule has 0 amide bonds. The van der Waals surface area contributed by atoms with E-state index in [0.717, 1.165) is 16.7 Å². The van der Waals surface area contributed by atoms with E-state index in [2.05, 4.69) is 20.5 Å². The molecule has 3 aromatic heterocycles. The van der Waals surface area contributed by atoms with E-state index in [9.17, 15) is 4.79 Å². The van der Waals surface area contributed by atoms with Crippen LogP contribution in [0.5, 0.6) is 0 Å². The second-order valence-corrected chi connectivity index (χ2v) is 6.43. The van der Waals surface area contributed by atoms with Gasteiger partial charge in [-0.2, -0.15) is 5.10 Å². The molecule has 26 heavy (non-hydrogen) atoms. The number of thiazole rings is 1. The zero-order valence-corrected chi connectivity index (χ0v) is 14.7. The van der Waals surface area contributed by atoms with Gasteiger partial charge >= 0.3 is 5.63 Å². The normalized spacial score (nSPS) is 11.7. The van der Waals surface area contributed by atoms with Crippen LogP contribution in [0, 0.1) is 0 Å². The van der Waals surface area contributed by atoms with Crippen molar-refractivity contribution >= 4 is 33.1 Å². The molecule has 0 saturated carbocycles. The van der Waals surface area contributed by atoms with Crippen LogP contribution in [0.1, 0.15) is 12.5 Å². The molecule has 0 unspecified atom stereocenters. The Balaban J connectivity index is 1.61. The Labute approximate surface area is 152 Å². The lowest BCUT2D eigenvalue weighted by molar-refractivity contribution is 0.563. The third kappa shape index (κ3) is 3.25. The molecule has 4 rings (SSSR count). The summed E-state index contributed by atoms with van der Waals surface area (Å²) in [4.78, 5) is 20.7. The number of hydrazone groups is 1. The zero-order valence-electron chi connectivity index (χ0n) is 13.8. The number of para-hydroxylation sites is 1. The van der Waals surface area contributed by atoms with Crippen molar-refractivity contribution in [3.8, 4) is 11.3 Å². The molecule has 0 radical (unpaired) electrons. The van der Waals surface area contributed by atoms with Crippen molar-refractivity contribution in [2.24, 2.45) is 5.10 Å². The number of hydrogen-bond acceptors (Lipinski definition) is 7. The molecule has 4 aromatic rings. The first-order valence-electron chi connectivity index (χ1n) is 7.90. The minimum Gasteiger partial charge on any atom is -0.422 e. The van der Waals surface area contributed by atoms with Gasteiger partial charge in [-0.25, -0.2) is 9.78 Å². The average Bonchev–Trinajstić information content (AvgIpc) is 3.15. The number of nitrogens with zero attached hydrogens (tertiary/aromatic N) is 3. The molecule has 0 atom stereocenters. The Morgan fingerprint density at radius 2 is 2.00 bits per heavy atom. The van der Waals surface area contributed by atoms with Gasteiger partial charge in [0.1, 0.15) is 5.58 Å². The summed E-state index contributed by atoms with van der Waals surface area (Å²) in [5.41, 5.74) is 5.87. The lowest BCUT2D eigenvalue weighted by Crippen LogP contribution is -2.03. The lowest BCUT2D eigenvalue weighted by Gasteiger charge is -2.00. The number of rotatable bonds is 4. The highest BCUT2D eigenvalue weighted by Crippen LogP contribution is 2.25. The van der Waals surface area contributed by atoms with Gasteiger partial charge < -0.3 is 4.42 Å². The first kappa shape index (κ1) is 16.2. The summed E-state index contributed by atoms with van der Waals surface area (Å²) in [6.07, 6.45) is 3.43. The topological polar surface area (TPSA) is 80.4 Å². The first-order valence-corrected chi connectivity index (χ1v) is 8.78. The van der Waals surface area contributed by atoms with Gasteiger partial charge in [-0.15, -0.1) is 11.3 Å². The fraction of sp³-hybridized carbons (Fsp3) is 0.0526. The predicted octanol–water partition coefficient (Wildman–Crippen LogP) is 4.15. The number of anilines is 1. The van der Waals surface area contributed by atoms with Gasteiger partial charge in [0, 0.05) is 28.7 Å². The minimum absolute atomic E-state index is 0.406. The summed E-state index contributed by atoms with van der Waals surface area (Å²) in [5, 5.41) is 7.59. The zero-order chi connectivity index (χ0) is 17.9. The van der Waals surface area contributed by atoms with Crippen molar-refractivity contribution in [1.82, 2.24) is 9.97 Å². The molecule has 3 heterocycles. The standard InChI is InChI=1S/C19H14N4O2S/c1-12(13-6-8-20-9-7-13)22-23-19-21-16(11-26-19)15-10-14-4-2-3-5-17(14)25-18(15)24/h2-11H,1H3,(H,21,23)/b22-12+. The Morgan fingerprint density at radius 1 is 1.19 bits per heavy atom. The lowest BCUT2D eigenvalue weighted by atomic mass is 10.1. The maximum Gasteiger partial charge on any atom is 0.345 e. The third-order valence-corrected chi connectivity index (χ3v) is 4.59. The molecule has 6 nitrogen and oxygen atoms in total. The summed E-state index contributed by atoms with van der Waals surface area (Å²) in [5.74, 6) is 0. The maximum absolute atomic E-state index is 12.2. The minimum atomic E-state index is -0.406.